The van der Waals surface area contributed by atoms with Crippen LogP contribution < -0.4 is 5.32 Å². The predicted molar refractivity (Wildman–Crippen MR) is 121 cm³/mol. The normalized spacial score (nSPS) is 17.0. The fourth-order valence-corrected chi connectivity index (χ4v) is 4.21. The molecule has 0 saturated carbocycles. The van der Waals surface area contributed by atoms with E-state index in [0.717, 1.165) is 56.7 Å². The number of aryl methyl sites for hydroxylation is 2. The van der Waals surface area contributed by atoms with Crippen molar-refractivity contribution in [1.82, 2.24) is 14.7 Å². The molecule has 156 valence electrons. The molecule has 1 N–H and O–H groups in total. The summed E-state index contributed by atoms with van der Waals surface area (Å²) in [6.07, 6.45) is 6.89. The van der Waals surface area contributed by atoms with Gasteiger partial charge in [-0.3, -0.25) is 9.48 Å². The molecule has 1 aliphatic heterocycles. The van der Waals surface area contributed by atoms with Crippen molar-refractivity contribution in [3.63, 3.8) is 0 Å². The van der Waals surface area contributed by atoms with Crippen molar-refractivity contribution >= 4 is 11.6 Å². The van der Waals surface area contributed by atoms with Gasteiger partial charge in [0.25, 0.3) is 0 Å². The molecule has 4 rings (SSSR count). The van der Waals surface area contributed by atoms with Crippen molar-refractivity contribution < 1.29 is 4.79 Å². The average molecular weight is 403 g/mol. The van der Waals surface area contributed by atoms with Crippen LogP contribution in [0.3, 0.4) is 0 Å². The molecule has 1 aliphatic rings. The molecule has 30 heavy (non-hydrogen) atoms. The van der Waals surface area contributed by atoms with Gasteiger partial charge in [-0.15, -0.1) is 0 Å². The van der Waals surface area contributed by atoms with Crippen LogP contribution in [0, 0.1) is 12.8 Å². The first-order valence-electron chi connectivity index (χ1n) is 10.9. The van der Waals surface area contributed by atoms with Gasteiger partial charge in [0.15, 0.2) is 0 Å². The van der Waals surface area contributed by atoms with E-state index >= 15 is 0 Å². The molecule has 3 aromatic rings. The molecule has 1 saturated heterocycles. The van der Waals surface area contributed by atoms with Crippen LogP contribution in [0.2, 0.25) is 0 Å². The van der Waals surface area contributed by atoms with Gasteiger partial charge in [-0.05, 0) is 68.6 Å². The minimum atomic E-state index is 0.0473. The Morgan fingerprint density at radius 2 is 1.93 bits per heavy atom. The second-order valence-electron chi connectivity index (χ2n) is 8.20. The lowest BCUT2D eigenvalue weighted by molar-refractivity contribution is -0.121. The number of aromatic nitrogens is 2. The molecule has 1 fully saturated rings. The largest absolute Gasteiger partial charge is 0.326 e. The van der Waals surface area contributed by atoms with Gasteiger partial charge in [0.05, 0.1) is 5.92 Å². The Labute approximate surface area is 178 Å². The monoisotopic (exact) mass is 402 g/mol. The van der Waals surface area contributed by atoms with E-state index in [4.69, 9.17) is 0 Å². The second-order valence-corrected chi connectivity index (χ2v) is 8.20. The van der Waals surface area contributed by atoms with Crippen LogP contribution in [0.1, 0.15) is 24.8 Å². The maximum atomic E-state index is 12.9. The first-order chi connectivity index (χ1) is 14.7. The molecular weight excluding hydrogens is 372 g/mol. The van der Waals surface area contributed by atoms with E-state index in [0.29, 0.717) is 0 Å². The summed E-state index contributed by atoms with van der Waals surface area (Å²) in [5.41, 5.74) is 4.40. The number of amides is 1. The number of piperidine rings is 1. The summed E-state index contributed by atoms with van der Waals surface area (Å²) in [6, 6.07) is 18.5. The van der Waals surface area contributed by atoms with Gasteiger partial charge >= 0.3 is 0 Å². The van der Waals surface area contributed by atoms with E-state index in [-0.39, 0.29) is 11.8 Å². The minimum Gasteiger partial charge on any atom is -0.326 e. The summed E-state index contributed by atoms with van der Waals surface area (Å²) < 4.78 is 1.97. The standard InChI is InChI=1S/C25H30N4O/c1-20-7-2-8-21(17-20)22-9-3-11-24(18-22)27-25(30)23-10-4-13-28(19-23)14-6-16-29-15-5-12-26-29/h2-3,5,7-9,11-12,15,17-18,23H,4,6,10,13-14,16,19H2,1H3,(H,27,30)/t23-/m0/s1. The SMILES string of the molecule is Cc1cccc(-c2cccc(NC(=O)[C@H]3CCCN(CCCn4cccn4)C3)c2)c1. The number of benzene rings is 2. The zero-order chi connectivity index (χ0) is 20.8. The van der Waals surface area contributed by atoms with Crippen molar-refractivity contribution in [1.29, 1.82) is 0 Å². The van der Waals surface area contributed by atoms with Gasteiger partial charge in [0.1, 0.15) is 0 Å². The highest BCUT2D eigenvalue weighted by molar-refractivity contribution is 5.93. The van der Waals surface area contributed by atoms with Crippen LogP contribution in [-0.2, 0) is 11.3 Å². The van der Waals surface area contributed by atoms with Crippen LogP contribution >= 0.6 is 0 Å². The number of nitrogens with one attached hydrogen (secondary N) is 1. The highest BCUT2D eigenvalue weighted by Gasteiger charge is 2.25. The topological polar surface area (TPSA) is 50.2 Å². The zero-order valence-corrected chi connectivity index (χ0v) is 17.6. The maximum Gasteiger partial charge on any atom is 0.228 e. The number of likely N-dealkylation sites (tertiary alicyclic amines) is 1. The molecule has 0 aliphatic carbocycles. The summed E-state index contributed by atoms with van der Waals surface area (Å²) in [6.45, 7) is 5.94. The lowest BCUT2D eigenvalue weighted by Crippen LogP contribution is -2.41. The number of anilines is 1. The Morgan fingerprint density at radius 3 is 2.73 bits per heavy atom. The van der Waals surface area contributed by atoms with Crippen molar-refractivity contribution in [2.75, 3.05) is 25.0 Å². The minimum absolute atomic E-state index is 0.0473. The Morgan fingerprint density at radius 1 is 1.10 bits per heavy atom. The lowest BCUT2D eigenvalue weighted by atomic mass is 9.96. The van der Waals surface area contributed by atoms with E-state index in [9.17, 15) is 4.79 Å². The summed E-state index contributed by atoms with van der Waals surface area (Å²) in [5, 5.41) is 7.41. The fourth-order valence-electron chi connectivity index (χ4n) is 4.21. The maximum absolute atomic E-state index is 12.9. The van der Waals surface area contributed by atoms with Crippen LogP contribution in [0.15, 0.2) is 67.0 Å². The molecule has 0 unspecified atom stereocenters. The van der Waals surface area contributed by atoms with E-state index in [2.05, 4.69) is 58.6 Å². The Kier molecular flexibility index (Phi) is 6.60. The highest BCUT2D eigenvalue weighted by Crippen LogP contribution is 2.25. The van der Waals surface area contributed by atoms with E-state index in [1.165, 1.54) is 11.1 Å². The number of rotatable bonds is 7. The Hall–Kier alpha value is -2.92. The average Bonchev–Trinajstić information content (AvgIpc) is 3.28. The molecule has 2 aromatic carbocycles. The van der Waals surface area contributed by atoms with Gasteiger partial charge in [-0.1, -0.05) is 42.0 Å². The molecule has 2 heterocycles. The third-order valence-corrected chi connectivity index (χ3v) is 5.78. The van der Waals surface area contributed by atoms with Crippen molar-refractivity contribution in [2.45, 2.75) is 32.7 Å². The number of carbonyl (C=O) groups excluding carboxylic acids is 1. The number of carbonyl (C=O) groups is 1. The Bertz CT molecular complexity index is 967. The van der Waals surface area contributed by atoms with Crippen LogP contribution in [0.4, 0.5) is 5.69 Å². The summed E-state index contributed by atoms with van der Waals surface area (Å²) >= 11 is 0. The first kappa shape index (κ1) is 20.4. The van der Waals surface area contributed by atoms with Crippen LogP contribution in [-0.4, -0.2) is 40.2 Å². The van der Waals surface area contributed by atoms with Gasteiger partial charge in [-0.2, -0.15) is 5.10 Å². The molecular formula is C25H30N4O. The summed E-state index contributed by atoms with van der Waals surface area (Å²) in [7, 11) is 0. The molecule has 5 nitrogen and oxygen atoms in total. The third-order valence-electron chi connectivity index (χ3n) is 5.78. The molecule has 5 heteroatoms. The van der Waals surface area contributed by atoms with Gasteiger partial charge in [0, 0.05) is 31.2 Å². The van der Waals surface area contributed by atoms with Gasteiger partial charge < -0.3 is 10.2 Å². The Balaban J connectivity index is 1.32. The number of hydrogen-bond acceptors (Lipinski definition) is 3. The fraction of sp³-hybridized carbons (Fsp3) is 0.360. The summed E-state index contributed by atoms with van der Waals surface area (Å²) in [4.78, 5) is 15.3. The smallest absolute Gasteiger partial charge is 0.228 e. The first-order valence-corrected chi connectivity index (χ1v) is 10.9. The van der Waals surface area contributed by atoms with E-state index in [1.54, 1.807) is 0 Å². The van der Waals surface area contributed by atoms with Gasteiger partial charge in [-0.25, -0.2) is 0 Å². The lowest BCUT2D eigenvalue weighted by Gasteiger charge is -2.32. The molecule has 1 aromatic heterocycles. The van der Waals surface area contributed by atoms with E-state index in [1.807, 2.05) is 35.3 Å². The van der Waals surface area contributed by atoms with Crippen molar-refractivity contribution in [3.05, 3.63) is 72.6 Å². The van der Waals surface area contributed by atoms with Crippen molar-refractivity contribution in [3.8, 4) is 11.1 Å². The van der Waals surface area contributed by atoms with Crippen molar-refractivity contribution in [2.24, 2.45) is 5.92 Å². The second kappa shape index (κ2) is 9.72. The quantitative estimate of drug-likeness (QED) is 0.628. The molecule has 0 bridgehead atoms. The predicted octanol–water partition coefficient (Wildman–Crippen LogP) is 4.60. The van der Waals surface area contributed by atoms with Crippen LogP contribution in [0.5, 0.6) is 0 Å². The van der Waals surface area contributed by atoms with Crippen LogP contribution in [0.25, 0.3) is 11.1 Å². The molecule has 0 radical (unpaired) electrons. The third kappa shape index (κ3) is 5.36. The zero-order valence-electron chi connectivity index (χ0n) is 17.6. The van der Waals surface area contributed by atoms with Gasteiger partial charge in [0.2, 0.25) is 5.91 Å². The molecule has 1 atom stereocenters. The van der Waals surface area contributed by atoms with E-state index < -0.39 is 0 Å². The number of nitrogens with zero attached hydrogens (tertiary/aromatic N) is 3. The highest BCUT2D eigenvalue weighted by atomic mass is 16.1. The summed E-state index contributed by atoms with van der Waals surface area (Å²) in [5.74, 6) is 0.180. The molecule has 0 spiro atoms. The number of hydrogen-bond donors (Lipinski definition) is 1. The molecule has 1 amide bonds.